The van der Waals surface area contributed by atoms with E-state index in [2.05, 4.69) is 20.3 Å². The first-order valence-corrected chi connectivity index (χ1v) is 8.72. The van der Waals surface area contributed by atoms with Gasteiger partial charge in [0.2, 0.25) is 11.8 Å². The second kappa shape index (κ2) is 6.08. The molecule has 0 spiro atoms. The van der Waals surface area contributed by atoms with E-state index in [0.717, 1.165) is 24.1 Å². The van der Waals surface area contributed by atoms with Gasteiger partial charge in [0, 0.05) is 18.1 Å². The molecule has 0 saturated heterocycles. The van der Waals surface area contributed by atoms with Crippen molar-refractivity contribution in [3.63, 3.8) is 0 Å². The summed E-state index contributed by atoms with van der Waals surface area (Å²) in [5, 5.41) is 11.4. The topological polar surface area (TPSA) is 132 Å². The maximum atomic E-state index is 6.19. The van der Waals surface area contributed by atoms with Gasteiger partial charge in [-0.1, -0.05) is 5.16 Å². The number of aromatic amines is 1. The molecule has 3 heterocycles. The smallest absolute Gasteiger partial charge is 0.211 e. The van der Waals surface area contributed by atoms with E-state index in [0.29, 0.717) is 29.2 Å². The van der Waals surface area contributed by atoms with Crippen LogP contribution in [0.1, 0.15) is 57.0 Å². The van der Waals surface area contributed by atoms with Crippen molar-refractivity contribution in [1.29, 1.82) is 0 Å². The highest BCUT2D eigenvalue weighted by Crippen LogP contribution is 2.42. The van der Waals surface area contributed by atoms with E-state index in [1.807, 2.05) is 26.8 Å². The number of guanidine groups is 1. The van der Waals surface area contributed by atoms with Gasteiger partial charge >= 0.3 is 0 Å². The van der Waals surface area contributed by atoms with Gasteiger partial charge in [0.05, 0.1) is 11.8 Å². The van der Waals surface area contributed by atoms with Gasteiger partial charge in [0.25, 0.3) is 0 Å². The predicted molar refractivity (Wildman–Crippen MR) is 96.6 cm³/mol. The molecular weight excluding hydrogens is 334 g/mol. The van der Waals surface area contributed by atoms with E-state index in [1.165, 1.54) is 0 Å². The van der Waals surface area contributed by atoms with Gasteiger partial charge in [-0.2, -0.15) is 10.1 Å². The molecule has 0 aromatic carbocycles. The largest absolute Gasteiger partial charge is 0.475 e. The number of nitrogens with zero attached hydrogens (tertiary/aromatic N) is 4. The van der Waals surface area contributed by atoms with Crippen LogP contribution in [0.3, 0.4) is 0 Å². The molecule has 2 aliphatic rings. The Morgan fingerprint density at radius 2 is 2.08 bits per heavy atom. The number of nitrogens with two attached hydrogens (primary N) is 2. The number of nitrogens with one attached hydrogen (secondary N) is 1. The first kappa shape index (κ1) is 16.5. The molecule has 1 aliphatic heterocycles. The fourth-order valence-electron chi connectivity index (χ4n) is 3.06. The van der Waals surface area contributed by atoms with Crippen molar-refractivity contribution in [2.75, 3.05) is 4.90 Å². The van der Waals surface area contributed by atoms with Crippen LogP contribution >= 0.6 is 0 Å². The summed E-state index contributed by atoms with van der Waals surface area (Å²) in [6.07, 6.45) is 2.32. The lowest BCUT2D eigenvalue weighted by molar-refractivity contribution is 0.232. The third-order valence-corrected chi connectivity index (χ3v) is 4.52. The van der Waals surface area contributed by atoms with Crippen molar-refractivity contribution in [2.24, 2.45) is 16.5 Å². The summed E-state index contributed by atoms with van der Waals surface area (Å²) in [5.41, 5.74) is 14.0. The zero-order chi connectivity index (χ0) is 18.4. The van der Waals surface area contributed by atoms with Crippen molar-refractivity contribution >= 4 is 11.8 Å². The molecule has 2 aromatic heterocycles. The number of hydrogen-bond acceptors (Lipinski definition) is 8. The lowest BCUT2D eigenvalue weighted by Gasteiger charge is -2.32. The van der Waals surface area contributed by atoms with Crippen LogP contribution in [0.4, 0.5) is 5.82 Å². The van der Waals surface area contributed by atoms with Gasteiger partial charge in [-0.3, -0.25) is 4.90 Å². The first-order valence-electron chi connectivity index (χ1n) is 8.72. The molecule has 1 saturated carbocycles. The average molecular weight is 357 g/mol. The lowest BCUT2D eigenvalue weighted by Crippen LogP contribution is -2.44. The minimum Gasteiger partial charge on any atom is -0.475 e. The fraction of sp³-hybridized carbons (Fsp3) is 0.471. The summed E-state index contributed by atoms with van der Waals surface area (Å²) in [6.45, 7) is 5.80. The third-order valence-electron chi connectivity index (χ3n) is 4.52. The summed E-state index contributed by atoms with van der Waals surface area (Å²) < 4.78 is 11.3. The van der Waals surface area contributed by atoms with Crippen LogP contribution in [-0.4, -0.2) is 27.4 Å². The summed E-state index contributed by atoms with van der Waals surface area (Å²) in [5.74, 6) is 2.90. The van der Waals surface area contributed by atoms with Gasteiger partial charge in [0.1, 0.15) is 11.9 Å². The highest BCUT2D eigenvalue weighted by molar-refractivity contribution is 5.97. The molecule has 2 aromatic rings. The molecular formula is C17H23N7O2. The standard InChI is InChI=1S/C17H23N7O2/c1-8(2)25-14-7-13(21-22-14)24-15(9(3)16(18)20-17(24)19)12-6-11(23-26-12)10-4-5-10/h6-8,10,15H,4-5,18H2,1-3H3,(H2,19,20)(H,21,22). The Hall–Kier alpha value is -2.97. The highest BCUT2D eigenvalue weighted by atomic mass is 16.5. The molecule has 26 heavy (non-hydrogen) atoms. The average Bonchev–Trinajstić information content (AvgIpc) is 3.14. The second-order valence-corrected chi connectivity index (χ2v) is 7.00. The minimum absolute atomic E-state index is 0.0270. The molecule has 5 N–H and O–H groups in total. The summed E-state index contributed by atoms with van der Waals surface area (Å²) in [7, 11) is 0. The van der Waals surface area contributed by atoms with Crippen molar-refractivity contribution in [3.05, 3.63) is 35.0 Å². The van der Waals surface area contributed by atoms with E-state index in [1.54, 1.807) is 11.0 Å². The van der Waals surface area contributed by atoms with Crippen LogP contribution in [0.25, 0.3) is 0 Å². The van der Waals surface area contributed by atoms with Gasteiger partial charge in [0.15, 0.2) is 11.6 Å². The fourth-order valence-corrected chi connectivity index (χ4v) is 3.06. The monoisotopic (exact) mass is 357 g/mol. The van der Waals surface area contributed by atoms with E-state index >= 15 is 0 Å². The number of aliphatic imine (C=N–C) groups is 1. The van der Waals surface area contributed by atoms with E-state index in [9.17, 15) is 0 Å². The zero-order valence-corrected chi connectivity index (χ0v) is 15.1. The van der Waals surface area contributed by atoms with E-state index < -0.39 is 0 Å². The Labute approximate surface area is 151 Å². The summed E-state index contributed by atoms with van der Waals surface area (Å²) >= 11 is 0. The SMILES string of the molecule is CC1=C(N)N=C(N)N(c2cc(OC(C)C)[nH]n2)C1c1cc(C2CC2)no1. The van der Waals surface area contributed by atoms with E-state index in [4.69, 9.17) is 20.7 Å². The molecule has 0 amide bonds. The number of rotatable bonds is 5. The maximum absolute atomic E-state index is 6.19. The molecule has 9 nitrogen and oxygen atoms in total. The quantitative estimate of drug-likeness (QED) is 0.746. The highest BCUT2D eigenvalue weighted by Gasteiger charge is 2.36. The Morgan fingerprint density at radius 3 is 2.77 bits per heavy atom. The minimum atomic E-state index is -0.359. The Kier molecular flexibility index (Phi) is 3.86. The third kappa shape index (κ3) is 2.89. The Bertz CT molecular complexity index is 875. The number of aromatic nitrogens is 3. The van der Waals surface area contributed by atoms with Gasteiger partial charge in [-0.15, -0.1) is 0 Å². The molecule has 1 aliphatic carbocycles. The van der Waals surface area contributed by atoms with Crippen molar-refractivity contribution in [3.8, 4) is 5.88 Å². The normalized spacial score (nSPS) is 20.7. The molecule has 9 heteroatoms. The first-order chi connectivity index (χ1) is 12.4. The van der Waals surface area contributed by atoms with Crippen molar-refractivity contribution < 1.29 is 9.26 Å². The molecule has 0 bridgehead atoms. The molecule has 138 valence electrons. The molecule has 0 radical (unpaired) electrons. The second-order valence-electron chi connectivity index (χ2n) is 7.00. The number of H-pyrrole nitrogens is 1. The lowest BCUT2D eigenvalue weighted by atomic mass is 10.0. The van der Waals surface area contributed by atoms with Crippen LogP contribution in [0.15, 0.2) is 33.0 Å². The molecule has 1 unspecified atom stereocenters. The van der Waals surface area contributed by atoms with Crippen molar-refractivity contribution in [2.45, 2.75) is 51.7 Å². The predicted octanol–water partition coefficient (Wildman–Crippen LogP) is 2.13. The summed E-state index contributed by atoms with van der Waals surface area (Å²) in [4.78, 5) is 6.01. The van der Waals surface area contributed by atoms with Crippen LogP contribution in [-0.2, 0) is 0 Å². The molecule has 1 fully saturated rings. The van der Waals surface area contributed by atoms with Gasteiger partial charge in [-0.05, 0) is 39.2 Å². The summed E-state index contributed by atoms with van der Waals surface area (Å²) in [6, 6.07) is 3.40. The zero-order valence-electron chi connectivity index (χ0n) is 15.1. The Balaban J connectivity index is 1.72. The number of hydrogen-bond donors (Lipinski definition) is 3. The van der Waals surface area contributed by atoms with E-state index in [-0.39, 0.29) is 18.1 Å². The number of anilines is 1. The number of ether oxygens (including phenoxy) is 1. The molecule has 1 atom stereocenters. The van der Waals surface area contributed by atoms with Crippen LogP contribution in [0.5, 0.6) is 5.88 Å². The van der Waals surface area contributed by atoms with Crippen LogP contribution in [0.2, 0.25) is 0 Å². The van der Waals surface area contributed by atoms with Crippen LogP contribution in [0, 0.1) is 0 Å². The van der Waals surface area contributed by atoms with Gasteiger partial charge < -0.3 is 20.7 Å². The Morgan fingerprint density at radius 1 is 1.31 bits per heavy atom. The van der Waals surface area contributed by atoms with Crippen molar-refractivity contribution in [1.82, 2.24) is 15.4 Å². The van der Waals surface area contributed by atoms with Gasteiger partial charge in [-0.25, -0.2) is 5.10 Å². The molecule has 4 rings (SSSR count). The van der Waals surface area contributed by atoms with Crippen LogP contribution < -0.4 is 21.1 Å². The maximum Gasteiger partial charge on any atom is 0.211 e.